The lowest BCUT2D eigenvalue weighted by molar-refractivity contribution is 0.0674. The van der Waals surface area contributed by atoms with Gasteiger partial charge in [-0.25, -0.2) is 0 Å². The molecule has 0 aliphatic rings. The van der Waals surface area contributed by atoms with Crippen LogP contribution in [-0.4, -0.2) is 53.9 Å². The normalized spacial score (nSPS) is 12.8. The molecule has 3 N–H and O–H groups in total. The first kappa shape index (κ1) is 15.4. The minimum Gasteiger partial charge on any atom is -0.399 e. The number of benzene rings is 1. The van der Waals surface area contributed by atoms with E-state index in [-0.39, 0.29) is 11.9 Å². The summed E-state index contributed by atoms with van der Waals surface area (Å²) >= 11 is 0. The minimum atomic E-state index is 0.0293. The summed E-state index contributed by atoms with van der Waals surface area (Å²) in [6.07, 6.45) is 0. The van der Waals surface area contributed by atoms with E-state index >= 15 is 0 Å². The fraction of sp³-hybridized carbons (Fsp3) is 0.438. The first-order chi connectivity index (χ1) is 9.92. The quantitative estimate of drug-likeness (QED) is 0.829. The number of nitrogens with zero attached hydrogens (tertiary/aromatic N) is 2. The third kappa shape index (κ3) is 3.36. The fourth-order valence-corrected chi connectivity index (χ4v) is 2.70. The second-order valence-corrected chi connectivity index (χ2v) is 5.73. The fourth-order valence-electron chi connectivity index (χ4n) is 2.70. The molecule has 0 aliphatic carbocycles. The third-order valence-corrected chi connectivity index (χ3v) is 3.64. The molecular formula is C16H24N4O. The van der Waals surface area contributed by atoms with Crippen LogP contribution in [0.15, 0.2) is 24.3 Å². The van der Waals surface area contributed by atoms with E-state index in [4.69, 9.17) is 5.73 Å². The largest absolute Gasteiger partial charge is 0.399 e. The maximum atomic E-state index is 12.7. The standard InChI is InChI=1S/C16H24N4O/c1-5-20(11(2)10-19(3)4)16(21)15-9-12-8-13(17)6-7-14(12)18-15/h6-9,11,18H,5,10,17H2,1-4H3. The first-order valence-electron chi connectivity index (χ1n) is 7.26. The van der Waals surface area contributed by atoms with Gasteiger partial charge in [-0.3, -0.25) is 4.79 Å². The Bertz CT molecular complexity index is 632. The van der Waals surface area contributed by atoms with Crippen molar-refractivity contribution in [3.05, 3.63) is 30.0 Å². The van der Waals surface area contributed by atoms with Crippen LogP contribution in [0, 0.1) is 0 Å². The molecule has 1 unspecified atom stereocenters. The Hall–Kier alpha value is -2.01. The van der Waals surface area contributed by atoms with Crippen LogP contribution in [0.5, 0.6) is 0 Å². The van der Waals surface area contributed by atoms with Crippen LogP contribution in [0.3, 0.4) is 0 Å². The number of aromatic nitrogens is 1. The van der Waals surface area contributed by atoms with Gasteiger partial charge in [-0.05, 0) is 52.2 Å². The molecule has 0 spiro atoms. The summed E-state index contributed by atoms with van der Waals surface area (Å²) in [5.41, 5.74) is 8.03. The van der Waals surface area contributed by atoms with E-state index in [1.54, 1.807) is 0 Å². The van der Waals surface area contributed by atoms with Crippen LogP contribution in [0.4, 0.5) is 5.69 Å². The van der Waals surface area contributed by atoms with E-state index in [1.165, 1.54) is 0 Å². The number of fused-ring (bicyclic) bond motifs is 1. The molecule has 0 bridgehead atoms. The number of aromatic amines is 1. The molecule has 1 heterocycles. The number of nitrogens with one attached hydrogen (secondary N) is 1. The molecule has 21 heavy (non-hydrogen) atoms. The third-order valence-electron chi connectivity index (χ3n) is 3.64. The van der Waals surface area contributed by atoms with E-state index in [1.807, 2.05) is 50.2 Å². The molecule has 0 aliphatic heterocycles. The Morgan fingerprint density at radius 1 is 1.33 bits per heavy atom. The van der Waals surface area contributed by atoms with Gasteiger partial charge in [0.2, 0.25) is 0 Å². The van der Waals surface area contributed by atoms with Crippen LogP contribution in [0.2, 0.25) is 0 Å². The number of hydrogen-bond acceptors (Lipinski definition) is 3. The van der Waals surface area contributed by atoms with Crippen LogP contribution < -0.4 is 5.73 Å². The number of nitrogen functional groups attached to an aromatic ring is 1. The molecule has 0 saturated heterocycles. The van der Waals surface area contributed by atoms with Crippen molar-refractivity contribution >= 4 is 22.5 Å². The van der Waals surface area contributed by atoms with Gasteiger partial charge in [-0.1, -0.05) is 0 Å². The second-order valence-electron chi connectivity index (χ2n) is 5.73. The summed E-state index contributed by atoms with van der Waals surface area (Å²) in [4.78, 5) is 19.9. The molecule has 2 aromatic rings. The predicted molar refractivity (Wildman–Crippen MR) is 87.4 cm³/mol. The summed E-state index contributed by atoms with van der Waals surface area (Å²) in [6.45, 7) is 5.60. The molecule has 1 aromatic heterocycles. The van der Waals surface area contributed by atoms with Crippen LogP contribution >= 0.6 is 0 Å². The van der Waals surface area contributed by atoms with Gasteiger partial charge < -0.3 is 20.5 Å². The van der Waals surface area contributed by atoms with Crippen molar-refractivity contribution in [2.75, 3.05) is 32.9 Å². The number of likely N-dealkylation sites (N-methyl/N-ethyl adjacent to an activating group) is 2. The smallest absolute Gasteiger partial charge is 0.270 e. The molecular weight excluding hydrogens is 264 g/mol. The van der Waals surface area contributed by atoms with Crippen molar-refractivity contribution in [3.63, 3.8) is 0 Å². The average molecular weight is 288 g/mol. The number of hydrogen-bond donors (Lipinski definition) is 2. The SMILES string of the molecule is CCN(C(=O)c1cc2cc(N)ccc2[nH]1)C(C)CN(C)C. The highest BCUT2D eigenvalue weighted by atomic mass is 16.2. The zero-order chi connectivity index (χ0) is 15.6. The molecule has 1 amide bonds. The van der Waals surface area contributed by atoms with Gasteiger partial charge in [-0.2, -0.15) is 0 Å². The van der Waals surface area contributed by atoms with Crippen molar-refractivity contribution in [1.82, 2.24) is 14.8 Å². The van der Waals surface area contributed by atoms with Gasteiger partial charge in [0.25, 0.3) is 5.91 Å². The Morgan fingerprint density at radius 2 is 2.05 bits per heavy atom. The second kappa shape index (κ2) is 6.18. The Labute approximate surface area is 125 Å². The highest BCUT2D eigenvalue weighted by Crippen LogP contribution is 2.20. The van der Waals surface area contributed by atoms with Crippen molar-refractivity contribution in [1.29, 1.82) is 0 Å². The molecule has 1 atom stereocenters. The van der Waals surface area contributed by atoms with Crippen molar-refractivity contribution in [2.24, 2.45) is 0 Å². The van der Waals surface area contributed by atoms with Crippen LogP contribution in [0.25, 0.3) is 10.9 Å². The van der Waals surface area contributed by atoms with Gasteiger partial charge in [0.15, 0.2) is 0 Å². The van der Waals surface area contributed by atoms with E-state index in [9.17, 15) is 4.79 Å². The number of nitrogens with two attached hydrogens (primary N) is 1. The van der Waals surface area contributed by atoms with Gasteiger partial charge in [0.1, 0.15) is 5.69 Å². The molecule has 0 saturated carbocycles. The Kier molecular flexibility index (Phi) is 4.53. The summed E-state index contributed by atoms with van der Waals surface area (Å²) in [7, 11) is 4.03. The maximum Gasteiger partial charge on any atom is 0.270 e. The topological polar surface area (TPSA) is 65.4 Å². The highest BCUT2D eigenvalue weighted by molar-refractivity contribution is 5.98. The lowest BCUT2D eigenvalue weighted by atomic mass is 10.2. The molecule has 5 nitrogen and oxygen atoms in total. The molecule has 1 aromatic carbocycles. The van der Waals surface area contributed by atoms with Gasteiger partial charge in [0, 0.05) is 35.7 Å². The molecule has 5 heteroatoms. The predicted octanol–water partition coefficient (Wildman–Crippen LogP) is 2.16. The van der Waals surface area contributed by atoms with Crippen LogP contribution in [0.1, 0.15) is 24.3 Å². The number of anilines is 1. The minimum absolute atomic E-state index is 0.0293. The number of carbonyl (C=O) groups excluding carboxylic acids is 1. The van der Waals surface area contributed by atoms with Crippen LogP contribution in [-0.2, 0) is 0 Å². The van der Waals surface area contributed by atoms with E-state index in [0.29, 0.717) is 17.9 Å². The van der Waals surface area contributed by atoms with E-state index in [0.717, 1.165) is 17.4 Å². The molecule has 0 fully saturated rings. The highest BCUT2D eigenvalue weighted by Gasteiger charge is 2.21. The summed E-state index contributed by atoms with van der Waals surface area (Å²) in [5.74, 6) is 0.0293. The summed E-state index contributed by atoms with van der Waals surface area (Å²) in [5, 5.41) is 0.967. The van der Waals surface area contributed by atoms with Crippen molar-refractivity contribution < 1.29 is 4.79 Å². The van der Waals surface area contributed by atoms with E-state index < -0.39 is 0 Å². The van der Waals surface area contributed by atoms with Gasteiger partial charge >= 0.3 is 0 Å². The Balaban J connectivity index is 2.26. The molecule has 114 valence electrons. The summed E-state index contributed by atoms with van der Waals surface area (Å²) in [6, 6.07) is 7.65. The first-order valence-corrected chi connectivity index (χ1v) is 7.26. The lowest BCUT2D eigenvalue weighted by Crippen LogP contribution is -2.43. The van der Waals surface area contributed by atoms with Crippen molar-refractivity contribution in [3.8, 4) is 0 Å². The van der Waals surface area contributed by atoms with Gasteiger partial charge in [-0.15, -0.1) is 0 Å². The van der Waals surface area contributed by atoms with E-state index in [2.05, 4.69) is 16.8 Å². The number of rotatable bonds is 5. The average Bonchev–Trinajstić information content (AvgIpc) is 2.81. The number of H-pyrrole nitrogens is 1. The Morgan fingerprint density at radius 3 is 2.67 bits per heavy atom. The summed E-state index contributed by atoms with van der Waals surface area (Å²) < 4.78 is 0. The lowest BCUT2D eigenvalue weighted by Gasteiger charge is -2.29. The number of amides is 1. The zero-order valence-electron chi connectivity index (χ0n) is 13.2. The van der Waals surface area contributed by atoms with Crippen molar-refractivity contribution in [2.45, 2.75) is 19.9 Å². The molecule has 0 radical (unpaired) electrons. The zero-order valence-corrected chi connectivity index (χ0v) is 13.2. The van der Waals surface area contributed by atoms with Gasteiger partial charge in [0.05, 0.1) is 0 Å². The number of carbonyl (C=O) groups is 1. The maximum absolute atomic E-state index is 12.7. The molecule has 2 rings (SSSR count). The monoisotopic (exact) mass is 288 g/mol.